The highest BCUT2D eigenvalue weighted by atomic mass is 14.9. The quantitative estimate of drug-likeness (QED) is 0.478. The van der Waals surface area contributed by atoms with Crippen LogP contribution in [-0.4, -0.2) is 12.6 Å². The summed E-state index contributed by atoms with van der Waals surface area (Å²) in [6.45, 7) is 5.80. The van der Waals surface area contributed by atoms with E-state index in [9.17, 15) is 0 Å². The summed E-state index contributed by atoms with van der Waals surface area (Å²) >= 11 is 0. The molecular formula is C15H29N. The third-order valence-corrected chi connectivity index (χ3v) is 3.54. The SMILES string of the molecule is CCCC/C=C/C(CCC)CC1CCCN1. The average molecular weight is 223 g/mol. The molecule has 2 unspecified atom stereocenters. The van der Waals surface area contributed by atoms with Crippen molar-refractivity contribution in [1.29, 1.82) is 0 Å². The molecule has 1 fully saturated rings. The number of allylic oxidation sites excluding steroid dienone is 2. The highest BCUT2D eigenvalue weighted by Gasteiger charge is 2.17. The van der Waals surface area contributed by atoms with Crippen LogP contribution in [0.5, 0.6) is 0 Å². The van der Waals surface area contributed by atoms with Gasteiger partial charge in [0.2, 0.25) is 0 Å². The van der Waals surface area contributed by atoms with Crippen molar-refractivity contribution in [2.75, 3.05) is 6.54 Å². The second-order valence-electron chi connectivity index (χ2n) is 5.15. The second-order valence-corrected chi connectivity index (χ2v) is 5.15. The maximum atomic E-state index is 3.61. The number of hydrogen-bond donors (Lipinski definition) is 1. The topological polar surface area (TPSA) is 12.0 Å². The van der Waals surface area contributed by atoms with E-state index in [-0.39, 0.29) is 0 Å². The Morgan fingerprint density at radius 1 is 1.31 bits per heavy atom. The van der Waals surface area contributed by atoms with Crippen LogP contribution in [0.4, 0.5) is 0 Å². The van der Waals surface area contributed by atoms with Crippen molar-refractivity contribution in [3.8, 4) is 0 Å². The van der Waals surface area contributed by atoms with E-state index in [4.69, 9.17) is 0 Å². The number of unbranched alkanes of at least 4 members (excludes halogenated alkanes) is 2. The molecule has 1 aliphatic heterocycles. The molecule has 1 N–H and O–H groups in total. The summed E-state index contributed by atoms with van der Waals surface area (Å²) in [6.07, 6.45) is 15.6. The minimum Gasteiger partial charge on any atom is -0.314 e. The molecule has 0 radical (unpaired) electrons. The molecule has 1 rings (SSSR count). The van der Waals surface area contributed by atoms with Gasteiger partial charge in [0.15, 0.2) is 0 Å². The van der Waals surface area contributed by atoms with E-state index in [1.807, 2.05) is 0 Å². The van der Waals surface area contributed by atoms with Crippen molar-refractivity contribution in [3.63, 3.8) is 0 Å². The predicted octanol–water partition coefficient (Wildman–Crippen LogP) is 4.29. The molecule has 94 valence electrons. The van der Waals surface area contributed by atoms with Crippen molar-refractivity contribution in [2.24, 2.45) is 5.92 Å². The Labute approximate surface area is 102 Å². The Hall–Kier alpha value is -0.300. The van der Waals surface area contributed by atoms with Crippen LogP contribution < -0.4 is 5.32 Å². The van der Waals surface area contributed by atoms with Gasteiger partial charge in [-0.25, -0.2) is 0 Å². The summed E-state index contributed by atoms with van der Waals surface area (Å²) in [7, 11) is 0. The fourth-order valence-corrected chi connectivity index (χ4v) is 2.60. The molecule has 0 aromatic carbocycles. The van der Waals surface area contributed by atoms with Crippen LogP contribution in [0, 0.1) is 5.92 Å². The molecule has 1 saturated heterocycles. The van der Waals surface area contributed by atoms with Gasteiger partial charge in [0.1, 0.15) is 0 Å². The minimum absolute atomic E-state index is 0.798. The van der Waals surface area contributed by atoms with E-state index >= 15 is 0 Å². The van der Waals surface area contributed by atoms with E-state index in [0.717, 1.165) is 12.0 Å². The van der Waals surface area contributed by atoms with E-state index < -0.39 is 0 Å². The molecule has 1 aliphatic rings. The Kier molecular flexibility index (Phi) is 7.58. The lowest BCUT2D eigenvalue weighted by Crippen LogP contribution is -2.23. The summed E-state index contributed by atoms with van der Waals surface area (Å²) < 4.78 is 0. The van der Waals surface area contributed by atoms with Gasteiger partial charge >= 0.3 is 0 Å². The molecule has 0 spiro atoms. The third-order valence-electron chi connectivity index (χ3n) is 3.54. The normalized spacial score (nSPS) is 23.0. The van der Waals surface area contributed by atoms with Gasteiger partial charge in [-0.1, -0.05) is 45.3 Å². The van der Waals surface area contributed by atoms with Gasteiger partial charge in [-0.2, -0.15) is 0 Å². The van der Waals surface area contributed by atoms with Gasteiger partial charge in [-0.05, 0) is 44.6 Å². The summed E-state index contributed by atoms with van der Waals surface area (Å²) in [5.41, 5.74) is 0. The molecule has 1 heterocycles. The zero-order chi connectivity index (χ0) is 11.6. The third kappa shape index (κ3) is 5.69. The fraction of sp³-hybridized carbons (Fsp3) is 0.867. The van der Waals surface area contributed by atoms with Crippen LogP contribution in [0.1, 0.15) is 65.2 Å². The molecule has 1 nitrogen and oxygen atoms in total. The number of hydrogen-bond acceptors (Lipinski definition) is 1. The highest BCUT2D eigenvalue weighted by molar-refractivity contribution is 4.91. The maximum absolute atomic E-state index is 3.61. The lowest BCUT2D eigenvalue weighted by atomic mass is 9.93. The largest absolute Gasteiger partial charge is 0.314 e. The van der Waals surface area contributed by atoms with Crippen LogP contribution in [-0.2, 0) is 0 Å². The van der Waals surface area contributed by atoms with Crippen molar-refractivity contribution in [1.82, 2.24) is 5.32 Å². The minimum atomic E-state index is 0.798. The van der Waals surface area contributed by atoms with Crippen molar-refractivity contribution < 1.29 is 0 Å². The molecule has 0 saturated carbocycles. The van der Waals surface area contributed by atoms with Crippen LogP contribution in [0.25, 0.3) is 0 Å². The van der Waals surface area contributed by atoms with E-state index in [1.165, 1.54) is 57.9 Å². The van der Waals surface area contributed by atoms with Crippen LogP contribution in [0.2, 0.25) is 0 Å². The number of rotatable bonds is 8. The fourth-order valence-electron chi connectivity index (χ4n) is 2.60. The van der Waals surface area contributed by atoms with Gasteiger partial charge in [0.05, 0.1) is 0 Å². The molecule has 0 bridgehead atoms. The smallest absolute Gasteiger partial charge is 0.00731 e. The molecule has 0 aliphatic carbocycles. The van der Waals surface area contributed by atoms with E-state index in [0.29, 0.717) is 0 Å². The summed E-state index contributed by atoms with van der Waals surface area (Å²) in [6, 6.07) is 0.798. The van der Waals surface area contributed by atoms with Gasteiger partial charge in [-0.15, -0.1) is 0 Å². The lowest BCUT2D eigenvalue weighted by molar-refractivity contribution is 0.445. The molecule has 16 heavy (non-hydrogen) atoms. The van der Waals surface area contributed by atoms with Crippen molar-refractivity contribution in [3.05, 3.63) is 12.2 Å². The summed E-state index contributed by atoms with van der Waals surface area (Å²) in [5.74, 6) is 0.817. The zero-order valence-electron chi connectivity index (χ0n) is 11.2. The first-order chi connectivity index (χ1) is 7.86. The van der Waals surface area contributed by atoms with Crippen LogP contribution in [0.3, 0.4) is 0 Å². The van der Waals surface area contributed by atoms with E-state index in [2.05, 4.69) is 31.3 Å². The number of nitrogens with one attached hydrogen (secondary N) is 1. The van der Waals surface area contributed by atoms with Crippen LogP contribution in [0.15, 0.2) is 12.2 Å². The zero-order valence-corrected chi connectivity index (χ0v) is 11.2. The molecular weight excluding hydrogens is 194 g/mol. The Morgan fingerprint density at radius 3 is 2.81 bits per heavy atom. The Balaban J connectivity index is 2.25. The molecule has 2 atom stereocenters. The van der Waals surface area contributed by atoms with Crippen molar-refractivity contribution >= 4 is 0 Å². The summed E-state index contributed by atoms with van der Waals surface area (Å²) in [4.78, 5) is 0. The molecule has 0 amide bonds. The van der Waals surface area contributed by atoms with Crippen LogP contribution >= 0.6 is 0 Å². The maximum Gasteiger partial charge on any atom is 0.00731 e. The Morgan fingerprint density at radius 2 is 2.19 bits per heavy atom. The monoisotopic (exact) mass is 223 g/mol. The van der Waals surface area contributed by atoms with E-state index in [1.54, 1.807) is 0 Å². The average Bonchev–Trinajstić information content (AvgIpc) is 2.77. The first-order valence-corrected chi connectivity index (χ1v) is 7.26. The first kappa shape index (κ1) is 13.8. The van der Waals surface area contributed by atoms with Gasteiger partial charge in [0, 0.05) is 6.04 Å². The predicted molar refractivity (Wildman–Crippen MR) is 72.7 cm³/mol. The van der Waals surface area contributed by atoms with Gasteiger partial charge < -0.3 is 5.32 Å². The highest BCUT2D eigenvalue weighted by Crippen LogP contribution is 2.20. The lowest BCUT2D eigenvalue weighted by Gasteiger charge is -2.17. The molecule has 0 aromatic rings. The van der Waals surface area contributed by atoms with Gasteiger partial charge in [0.25, 0.3) is 0 Å². The van der Waals surface area contributed by atoms with Gasteiger partial charge in [-0.3, -0.25) is 0 Å². The first-order valence-electron chi connectivity index (χ1n) is 7.26. The van der Waals surface area contributed by atoms with Crippen molar-refractivity contribution in [2.45, 2.75) is 71.3 Å². The summed E-state index contributed by atoms with van der Waals surface area (Å²) in [5, 5.41) is 3.61. The Bertz CT molecular complexity index is 180. The second kappa shape index (κ2) is 8.81. The molecule has 0 aromatic heterocycles. The molecule has 1 heteroatoms. The standard InChI is InChI=1S/C15H29N/c1-3-5-6-7-10-14(9-4-2)13-15-11-8-12-16-15/h7,10,14-16H,3-6,8-9,11-13H2,1-2H3/b10-7+.